The van der Waals surface area contributed by atoms with E-state index in [4.69, 9.17) is 9.47 Å². The average molecular weight is 255 g/mol. The van der Waals surface area contributed by atoms with Crippen LogP contribution in [0.1, 0.15) is 26.7 Å². The van der Waals surface area contributed by atoms with Gasteiger partial charge < -0.3 is 14.8 Å². The van der Waals surface area contributed by atoms with Crippen LogP contribution in [-0.2, 0) is 19.1 Å². The Morgan fingerprint density at radius 1 is 1.50 bits per heavy atom. The van der Waals surface area contributed by atoms with Crippen LogP contribution in [0.2, 0.25) is 0 Å². The Morgan fingerprint density at radius 2 is 2.22 bits per heavy atom. The number of esters is 1. The summed E-state index contributed by atoms with van der Waals surface area (Å²) < 4.78 is 9.85. The van der Waals surface area contributed by atoms with Crippen molar-refractivity contribution in [3.8, 4) is 0 Å². The molecule has 102 valence electrons. The summed E-state index contributed by atoms with van der Waals surface area (Å²) in [5, 5.41) is 2.73. The minimum atomic E-state index is -0.613. The molecule has 0 bridgehead atoms. The molecule has 1 aliphatic heterocycles. The van der Waals surface area contributed by atoms with Gasteiger partial charge in [0, 0.05) is 6.61 Å². The molecule has 0 radical (unpaired) electrons. The standard InChI is InChI=1S/C13H21NO4/c1-9(2)4-5-11(13(16)17-3)14-12(15)10-6-7-18-8-10/h4,10-11H,5-8H2,1-3H3,(H,14,15)/t10-,11-/m0/s1. The first kappa shape index (κ1) is 14.7. The summed E-state index contributed by atoms with van der Waals surface area (Å²) in [6.07, 6.45) is 3.07. The number of nitrogens with one attached hydrogen (secondary N) is 1. The van der Waals surface area contributed by atoms with Gasteiger partial charge in [-0.25, -0.2) is 4.79 Å². The number of methoxy groups -OCH3 is 1. The van der Waals surface area contributed by atoms with Gasteiger partial charge in [-0.05, 0) is 26.7 Å². The Hall–Kier alpha value is -1.36. The molecule has 0 aromatic carbocycles. The highest BCUT2D eigenvalue weighted by Gasteiger charge is 2.27. The highest BCUT2D eigenvalue weighted by Crippen LogP contribution is 2.13. The molecule has 1 aliphatic rings. The van der Waals surface area contributed by atoms with Crippen molar-refractivity contribution < 1.29 is 19.1 Å². The summed E-state index contributed by atoms with van der Waals surface area (Å²) in [7, 11) is 1.32. The van der Waals surface area contributed by atoms with E-state index >= 15 is 0 Å². The van der Waals surface area contributed by atoms with E-state index < -0.39 is 12.0 Å². The Morgan fingerprint density at radius 3 is 2.72 bits per heavy atom. The zero-order chi connectivity index (χ0) is 13.5. The van der Waals surface area contributed by atoms with Crippen LogP contribution >= 0.6 is 0 Å². The zero-order valence-corrected chi connectivity index (χ0v) is 11.2. The summed E-state index contributed by atoms with van der Waals surface area (Å²) in [4.78, 5) is 23.5. The summed E-state index contributed by atoms with van der Waals surface area (Å²) in [5.74, 6) is -0.700. The number of hydrogen-bond acceptors (Lipinski definition) is 4. The number of carbonyl (C=O) groups is 2. The predicted molar refractivity (Wildman–Crippen MR) is 66.9 cm³/mol. The maximum Gasteiger partial charge on any atom is 0.328 e. The second-order valence-electron chi connectivity index (χ2n) is 4.66. The van der Waals surface area contributed by atoms with Crippen molar-refractivity contribution >= 4 is 11.9 Å². The summed E-state index contributed by atoms with van der Waals surface area (Å²) in [5.41, 5.74) is 1.10. The fraction of sp³-hybridized carbons (Fsp3) is 0.692. The maximum absolute atomic E-state index is 11.9. The molecule has 1 fully saturated rings. The van der Waals surface area contributed by atoms with Gasteiger partial charge in [-0.15, -0.1) is 0 Å². The van der Waals surface area contributed by atoms with E-state index in [0.29, 0.717) is 26.1 Å². The topological polar surface area (TPSA) is 64.6 Å². The van der Waals surface area contributed by atoms with Crippen molar-refractivity contribution in [2.45, 2.75) is 32.7 Å². The maximum atomic E-state index is 11.9. The Bertz CT molecular complexity index is 328. The molecule has 1 saturated heterocycles. The minimum absolute atomic E-state index is 0.134. The van der Waals surface area contributed by atoms with Crippen LogP contribution in [0, 0.1) is 5.92 Å². The SMILES string of the molecule is COC(=O)[C@H](CC=C(C)C)NC(=O)[C@H]1CCOC1. The smallest absolute Gasteiger partial charge is 0.328 e. The monoisotopic (exact) mass is 255 g/mol. The molecular weight excluding hydrogens is 234 g/mol. The van der Waals surface area contributed by atoms with E-state index in [9.17, 15) is 9.59 Å². The third-order valence-corrected chi connectivity index (χ3v) is 2.86. The Balaban J connectivity index is 2.56. The normalized spacial score (nSPS) is 20.1. The lowest BCUT2D eigenvalue weighted by Gasteiger charge is -2.17. The molecule has 1 heterocycles. The van der Waals surface area contributed by atoms with Gasteiger partial charge in [-0.1, -0.05) is 11.6 Å². The average Bonchev–Trinajstić information content (AvgIpc) is 2.86. The van der Waals surface area contributed by atoms with Crippen molar-refractivity contribution in [1.82, 2.24) is 5.32 Å². The molecule has 1 rings (SSSR count). The van der Waals surface area contributed by atoms with Gasteiger partial charge in [0.2, 0.25) is 5.91 Å². The van der Waals surface area contributed by atoms with Crippen molar-refractivity contribution in [2.24, 2.45) is 5.92 Å². The largest absolute Gasteiger partial charge is 0.467 e. The number of carbonyl (C=O) groups excluding carboxylic acids is 2. The van der Waals surface area contributed by atoms with Crippen LogP contribution in [-0.4, -0.2) is 38.2 Å². The van der Waals surface area contributed by atoms with Gasteiger partial charge in [0.05, 0.1) is 19.6 Å². The van der Waals surface area contributed by atoms with E-state index in [0.717, 1.165) is 5.57 Å². The van der Waals surface area contributed by atoms with Crippen LogP contribution in [0.25, 0.3) is 0 Å². The van der Waals surface area contributed by atoms with E-state index in [1.54, 1.807) is 0 Å². The van der Waals surface area contributed by atoms with Crippen LogP contribution < -0.4 is 5.32 Å². The third-order valence-electron chi connectivity index (χ3n) is 2.86. The second-order valence-corrected chi connectivity index (χ2v) is 4.66. The first-order valence-electron chi connectivity index (χ1n) is 6.14. The number of ether oxygens (including phenoxy) is 2. The molecule has 0 unspecified atom stereocenters. The van der Waals surface area contributed by atoms with E-state index in [1.165, 1.54) is 7.11 Å². The molecule has 0 aromatic heterocycles. The number of amides is 1. The van der Waals surface area contributed by atoms with Crippen molar-refractivity contribution in [3.05, 3.63) is 11.6 Å². The predicted octanol–water partition coefficient (Wildman–Crippen LogP) is 1.04. The van der Waals surface area contributed by atoms with Gasteiger partial charge in [-0.2, -0.15) is 0 Å². The number of rotatable bonds is 5. The molecular formula is C13H21NO4. The Labute approximate surface area is 108 Å². The second kappa shape index (κ2) is 7.16. The Kier molecular flexibility index (Phi) is 5.85. The highest BCUT2D eigenvalue weighted by atomic mass is 16.5. The van der Waals surface area contributed by atoms with Gasteiger partial charge in [0.1, 0.15) is 6.04 Å². The molecule has 0 aromatic rings. The van der Waals surface area contributed by atoms with Gasteiger partial charge in [0.15, 0.2) is 0 Å². The minimum Gasteiger partial charge on any atom is -0.467 e. The van der Waals surface area contributed by atoms with Gasteiger partial charge >= 0.3 is 5.97 Å². The molecule has 1 amide bonds. The number of allylic oxidation sites excluding steroid dienone is 1. The molecule has 0 aliphatic carbocycles. The van der Waals surface area contributed by atoms with Crippen LogP contribution in [0.5, 0.6) is 0 Å². The van der Waals surface area contributed by atoms with Gasteiger partial charge in [0.25, 0.3) is 0 Å². The number of hydrogen-bond donors (Lipinski definition) is 1. The lowest BCUT2D eigenvalue weighted by Crippen LogP contribution is -2.44. The molecule has 0 saturated carbocycles. The van der Waals surface area contributed by atoms with Crippen LogP contribution in [0.4, 0.5) is 0 Å². The molecule has 1 N–H and O–H groups in total. The van der Waals surface area contributed by atoms with E-state index in [-0.39, 0.29) is 11.8 Å². The lowest BCUT2D eigenvalue weighted by atomic mass is 10.1. The first-order chi connectivity index (χ1) is 8.54. The summed E-state index contributed by atoms with van der Waals surface area (Å²) in [6, 6.07) is -0.613. The van der Waals surface area contributed by atoms with Crippen molar-refractivity contribution in [2.75, 3.05) is 20.3 Å². The highest BCUT2D eigenvalue weighted by molar-refractivity contribution is 5.86. The molecule has 5 nitrogen and oxygen atoms in total. The molecule has 18 heavy (non-hydrogen) atoms. The zero-order valence-electron chi connectivity index (χ0n) is 11.2. The van der Waals surface area contributed by atoms with Crippen molar-refractivity contribution in [1.29, 1.82) is 0 Å². The first-order valence-corrected chi connectivity index (χ1v) is 6.14. The molecule has 0 spiro atoms. The van der Waals surface area contributed by atoms with E-state index in [1.807, 2.05) is 19.9 Å². The van der Waals surface area contributed by atoms with Crippen LogP contribution in [0.15, 0.2) is 11.6 Å². The summed E-state index contributed by atoms with van der Waals surface area (Å²) in [6.45, 7) is 4.93. The third kappa shape index (κ3) is 4.49. The quantitative estimate of drug-likeness (QED) is 0.589. The lowest BCUT2D eigenvalue weighted by molar-refractivity contribution is -0.145. The van der Waals surface area contributed by atoms with Crippen molar-refractivity contribution in [3.63, 3.8) is 0 Å². The summed E-state index contributed by atoms with van der Waals surface area (Å²) >= 11 is 0. The molecule has 5 heteroatoms. The fourth-order valence-corrected chi connectivity index (χ4v) is 1.74. The van der Waals surface area contributed by atoms with Gasteiger partial charge in [-0.3, -0.25) is 4.79 Å². The van der Waals surface area contributed by atoms with Crippen LogP contribution in [0.3, 0.4) is 0 Å². The van der Waals surface area contributed by atoms with E-state index in [2.05, 4.69) is 5.32 Å². The fourth-order valence-electron chi connectivity index (χ4n) is 1.74. The molecule has 2 atom stereocenters.